The molecule has 0 bridgehead atoms. The highest BCUT2D eigenvalue weighted by Crippen LogP contribution is 2.28. The van der Waals surface area contributed by atoms with Crippen LogP contribution < -0.4 is 5.73 Å². The number of nitrogens with two attached hydrogens (primary N) is 1. The molecule has 0 saturated heterocycles. The first-order chi connectivity index (χ1) is 7.69. The molecule has 0 saturated carbocycles. The summed E-state index contributed by atoms with van der Waals surface area (Å²) < 4.78 is 5.29. The second-order valence-corrected chi connectivity index (χ2v) is 4.76. The summed E-state index contributed by atoms with van der Waals surface area (Å²) in [4.78, 5) is 2.40. The van der Waals surface area contributed by atoms with Crippen LogP contribution in [-0.4, -0.2) is 30.7 Å². The highest BCUT2D eigenvalue weighted by atomic mass is 16.5. The second-order valence-electron chi connectivity index (χ2n) is 4.76. The van der Waals surface area contributed by atoms with Crippen LogP contribution in [0.5, 0.6) is 0 Å². The highest BCUT2D eigenvalue weighted by Gasteiger charge is 2.34. The summed E-state index contributed by atoms with van der Waals surface area (Å²) in [5.41, 5.74) is 8.65. The fourth-order valence-corrected chi connectivity index (χ4v) is 2.31. The number of methoxy groups -OCH3 is 1. The summed E-state index contributed by atoms with van der Waals surface area (Å²) in [7, 11) is 1.73. The Morgan fingerprint density at radius 1 is 1.31 bits per heavy atom. The van der Waals surface area contributed by atoms with Crippen molar-refractivity contribution in [3.63, 3.8) is 0 Å². The normalized spacial score (nSPS) is 19.4. The van der Waals surface area contributed by atoms with Crippen molar-refractivity contribution in [1.82, 2.24) is 4.90 Å². The maximum Gasteiger partial charge on any atom is 0.0656 e. The Morgan fingerprint density at radius 3 is 2.31 bits per heavy atom. The van der Waals surface area contributed by atoms with Gasteiger partial charge in [0.2, 0.25) is 0 Å². The van der Waals surface area contributed by atoms with Crippen molar-refractivity contribution in [2.75, 3.05) is 20.3 Å². The number of nitrogens with zero attached hydrogens (tertiary/aromatic N) is 1. The zero-order valence-corrected chi connectivity index (χ0v) is 10.1. The van der Waals surface area contributed by atoms with E-state index < -0.39 is 0 Å². The average molecular weight is 220 g/mol. The number of ether oxygens (including phenoxy) is 1. The smallest absolute Gasteiger partial charge is 0.0656 e. The zero-order valence-electron chi connectivity index (χ0n) is 10.1. The monoisotopic (exact) mass is 220 g/mol. The lowest BCUT2D eigenvalue weighted by atomic mass is 10.0. The molecule has 3 nitrogen and oxygen atoms in total. The van der Waals surface area contributed by atoms with Crippen LogP contribution >= 0.6 is 0 Å². The molecule has 1 unspecified atom stereocenters. The predicted molar refractivity (Wildman–Crippen MR) is 65.0 cm³/mol. The van der Waals surface area contributed by atoms with Gasteiger partial charge in [-0.2, -0.15) is 0 Å². The van der Waals surface area contributed by atoms with E-state index in [9.17, 15) is 0 Å². The summed E-state index contributed by atoms with van der Waals surface area (Å²) in [6, 6.07) is 8.58. The predicted octanol–water partition coefficient (Wildman–Crippen LogP) is 1.37. The lowest BCUT2D eigenvalue weighted by Crippen LogP contribution is -2.52. The number of fused-ring (bicyclic) bond motifs is 1. The molecule has 1 aliphatic heterocycles. The Hall–Kier alpha value is -0.900. The molecular formula is C13H20N2O. The Morgan fingerprint density at radius 2 is 1.88 bits per heavy atom. The Balaban J connectivity index is 2.15. The van der Waals surface area contributed by atoms with Gasteiger partial charge in [0, 0.05) is 26.7 Å². The summed E-state index contributed by atoms with van der Waals surface area (Å²) in [5.74, 6) is 0. The quantitative estimate of drug-likeness (QED) is 0.833. The van der Waals surface area contributed by atoms with Gasteiger partial charge in [-0.25, -0.2) is 0 Å². The topological polar surface area (TPSA) is 38.5 Å². The maximum absolute atomic E-state index is 5.89. The molecule has 1 aromatic carbocycles. The van der Waals surface area contributed by atoms with Crippen molar-refractivity contribution < 1.29 is 4.74 Å². The molecule has 0 radical (unpaired) electrons. The summed E-state index contributed by atoms with van der Waals surface area (Å²) in [6.45, 7) is 5.43. The molecule has 88 valence electrons. The van der Waals surface area contributed by atoms with Gasteiger partial charge in [-0.15, -0.1) is 0 Å². The van der Waals surface area contributed by atoms with Gasteiger partial charge < -0.3 is 10.5 Å². The fourth-order valence-electron chi connectivity index (χ4n) is 2.31. The third-order valence-corrected chi connectivity index (χ3v) is 3.50. The third-order valence-electron chi connectivity index (χ3n) is 3.50. The molecule has 0 fully saturated rings. The van der Waals surface area contributed by atoms with Crippen LogP contribution in [0.2, 0.25) is 0 Å². The fraction of sp³-hybridized carbons (Fsp3) is 0.538. The van der Waals surface area contributed by atoms with Crippen molar-refractivity contribution in [3.8, 4) is 0 Å². The van der Waals surface area contributed by atoms with Gasteiger partial charge in [-0.05, 0) is 18.1 Å². The van der Waals surface area contributed by atoms with Gasteiger partial charge in [0.1, 0.15) is 0 Å². The lowest BCUT2D eigenvalue weighted by molar-refractivity contribution is 0.0242. The minimum atomic E-state index is -0.0617. The molecular weight excluding hydrogens is 200 g/mol. The molecule has 1 atom stereocenters. The largest absolute Gasteiger partial charge is 0.383 e. The van der Waals surface area contributed by atoms with Crippen LogP contribution in [-0.2, 0) is 17.8 Å². The molecule has 0 aliphatic carbocycles. The van der Waals surface area contributed by atoms with E-state index in [1.54, 1.807) is 7.11 Å². The number of rotatable bonds is 4. The first kappa shape index (κ1) is 11.6. The molecule has 16 heavy (non-hydrogen) atoms. The second kappa shape index (κ2) is 4.53. The number of hydrogen-bond donors (Lipinski definition) is 1. The van der Waals surface area contributed by atoms with Gasteiger partial charge >= 0.3 is 0 Å². The SMILES string of the molecule is COCC(C)(CN)N1Cc2ccccc2C1. The minimum absolute atomic E-state index is 0.0617. The molecule has 1 aliphatic rings. The number of hydrogen-bond acceptors (Lipinski definition) is 3. The van der Waals surface area contributed by atoms with Crippen molar-refractivity contribution >= 4 is 0 Å². The molecule has 3 heteroatoms. The van der Waals surface area contributed by atoms with Crippen LogP contribution in [0.15, 0.2) is 24.3 Å². The van der Waals surface area contributed by atoms with Gasteiger partial charge in [0.25, 0.3) is 0 Å². The van der Waals surface area contributed by atoms with Gasteiger partial charge in [-0.1, -0.05) is 24.3 Å². The molecule has 1 heterocycles. The van der Waals surface area contributed by atoms with Crippen LogP contribution in [0.25, 0.3) is 0 Å². The standard InChI is InChI=1S/C13H20N2O/c1-13(9-14,10-16-2)15-7-11-5-3-4-6-12(11)8-15/h3-6H,7-10,14H2,1-2H3. The van der Waals surface area contributed by atoms with E-state index in [1.807, 2.05) is 0 Å². The van der Waals surface area contributed by atoms with Crippen molar-refractivity contribution in [1.29, 1.82) is 0 Å². The van der Waals surface area contributed by atoms with Crippen LogP contribution in [0.3, 0.4) is 0 Å². The minimum Gasteiger partial charge on any atom is -0.383 e. The van der Waals surface area contributed by atoms with Gasteiger partial charge in [0.05, 0.1) is 12.1 Å². The van der Waals surface area contributed by atoms with E-state index >= 15 is 0 Å². The first-order valence-corrected chi connectivity index (χ1v) is 5.70. The lowest BCUT2D eigenvalue weighted by Gasteiger charge is -2.37. The Kier molecular flexibility index (Phi) is 3.28. The van der Waals surface area contributed by atoms with Crippen molar-refractivity contribution in [2.45, 2.75) is 25.6 Å². The number of benzene rings is 1. The van der Waals surface area contributed by atoms with Crippen molar-refractivity contribution in [2.24, 2.45) is 5.73 Å². The summed E-state index contributed by atoms with van der Waals surface area (Å²) in [5, 5.41) is 0. The molecule has 0 amide bonds. The first-order valence-electron chi connectivity index (χ1n) is 5.70. The highest BCUT2D eigenvalue weighted by molar-refractivity contribution is 5.31. The van der Waals surface area contributed by atoms with E-state index in [1.165, 1.54) is 11.1 Å². The average Bonchev–Trinajstić information content (AvgIpc) is 2.73. The Bertz CT molecular complexity index is 342. The van der Waals surface area contributed by atoms with E-state index in [4.69, 9.17) is 10.5 Å². The molecule has 1 aromatic rings. The Labute approximate surface area is 97.2 Å². The van der Waals surface area contributed by atoms with E-state index in [0.29, 0.717) is 13.2 Å². The van der Waals surface area contributed by atoms with Crippen LogP contribution in [0, 0.1) is 0 Å². The molecule has 0 spiro atoms. The zero-order chi connectivity index (χ0) is 11.6. The van der Waals surface area contributed by atoms with E-state index in [-0.39, 0.29) is 5.54 Å². The molecule has 0 aromatic heterocycles. The van der Waals surface area contributed by atoms with E-state index in [0.717, 1.165) is 13.1 Å². The van der Waals surface area contributed by atoms with Gasteiger partial charge in [-0.3, -0.25) is 4.90 Å². The molecule has 2 N–H and O–H groups in total. The van der Waals surface area contributed by atoms with Gasteiger partial charge in [0.15, 0.2) is 0 Å². The van der Waals surface area contributed by atoms with Crippen LogP contribution in [0.4, 0.5) is 0 Å². The summed E-state index contributed by atoms with van der Waals surface area (Å²) >= 11 is 0. The summed E-state index contributed by atoms with van der Waals surface area (Å²) in [6.07, 6.45) is 0. The molecule has 2 rings (SSSR count). The van der Waals surface area contributed by atoms with Crippen LogP contribution in [0.1, 0.15) is 18.1 Å². The maximum atomic E-state index is 5.89. The third kappa shape index (κ3) is 1.98. The van der Waals surface area contributed by atoms with Crippen molar-refractivity contribution in [3.05, 3.63) is 35.4 Å². The van der Waals surface area contributed by atoms with E-state index in [2.05, 4.69) is 36.1 Å².